The van der Waals surface area contributed by atoms with Gasteiger partial charge in [0.1, 0.15) is 0 Å². The third kappa shape index (κ3) is 3.20. The van der Waals surface area contributed by atoms with Crippen LogP contribution in [0.4, 0.5) is 0 Å². The van der Waals surface area contributed by atoms with Gasteiger partial charge in [0.2, 0.25) is 0 Å². The second-order valence-electron chi connectivity index (χ2n) is 3.66. The van der Waals surface area contributed by atoms with Crippen LogP contribution in [0.3, 0.4) is 0 Å². The number of rotatable bonds is 7. The Bertz CT molecular complexity index is 314. The van der Waals surface area contributed by atoms with Crippen LogP contribution >= 0.6 is 11.6 Å². The van der Waals surface area contributed by atoms with Gasteiger partial charge in [0, 0.05) is 13.7 Å². The lowest BCUT2D eigenvalue weighted by Crippen LogP contribution is -2.28. The van der Waals surface area contributed by atoms with E-state index >= 15 is 0 Å². The van der Waals surface area contributed by atoms with Crippen LogP contribution in [-0.4, -0.2) is 30.0 Å². The van der Waals surface area contributed by atoms with Crippen molar-refractivity contribution in [3.05, 3.63) is 16.9 Å². The van der Waals surface area contributed by atoms with Gasteiger partial charge in [-0.2, -0.15) is 5.10 Å². The lowest BCUT2D eigenvalue weighted by atomic mass is 10.2. The van der Waals surface area contributed by atoms with Crippen molar-refractivity contribution in [1.82, 2.24) is 15.1 Å². The van der Waals surface area contributed by atoms with Crippen molar-refractivity contribution < 1.29 is 4.74 Å². The van der Waals surface area contributed by atoms with Crippen molar-refractivity contribution in [1.29, 1.82) is 0 Å². The van der Waals surface area contributed by atoms with Crippen molar-refractivity contribution in [2.45, 2.75) is 32.9 Å². The summed E-state index contributed by atoms with van der Waals surface area (Å²) in [6.07, 6.45) is 2.77. The van der Waals surface area contributed by atoms with Gasteiger partial charge in [0.05, 0.1) is 29.6 Å². The number of aromatic nitrogens is 2. The van der Waals surface area contributed by atoms with Gasteiger partial charge in [0.25, 0.3) is 0 Å². The highest BCUT2D eigenvalue weighted by atomic mass is 35.5. The molecule has 0 fully saturated rings. The molecule has 1 atom stereocenters. The number of nitrogens with zero attached hydrogens (tertiary/aromatic N) is 2. The zero-order valence-electron chi connectivity index (χ0n) is 10.2. The van der Waals surface area contributed by atoms with Crippen molar-refractivity contribution >= 4 is 11.6 Å². The van der Waals surface area contributed by atoms with Crippen LogP contribution in [0.5, 0.6) is 0 Å². The summed E-state index contributed by atoms with van der Waals surface area (Å²) in [6.45, 7) is 6.55. The van der Waals surface area contributed by atoms with Gasteiger partial charge in [0.15, 0.2) is 0 Å². The summed E-state index contributed by atoms with van der Waals surface area (Å²) < 4.78 is 7.13. The zero-order valence-corrected chi connectivity index (χ0v) is 10.9. The molecule has 92 valence electrons. The smallest absolute Gasteiger partial charge is 0.0835 e. The number of nitrogens with one attached hydrogen (secondary N) is 1. The molecule has 0 aliphatic carbocycles. The van der Waals surface area contributed by atoms with Crippen LogP contribution < -0.4 is 5.32 Å². The van der Waals surface area contributed by atoms with Crippen LogP contribution in [0.15, 0.2) is 6.20 Å². The topological polar surface area (TPSA) is 39.1 Å². The van der Waals surface area contributed by atoms with Gasteiger partial charge in [-0.3, -0.25) is 4.68 Å². The zero-order chi connectivity index (χ0) is 12.0. The second-order valence-corrected chi connectivity index (χ2v) is 4.06. The fourth-order valence-corrected chi connectivity index (χ4v) is 1.96. The Hall–Kier alpha value is -0.580. The van der Waals surface area contributed by atoms with Gasteiger partial charge in [-0.15, -0.1) is 0 Å². The third-order valence-electron chi connectivity index (χ3n) is 2.44. The molecule has 1 N–H and O–H groups in total. The molecule has 1 rings (SSSR count). The molecule has 5 heteroatoms. The molecular weight excluding hydrogens is 226 g/mol. The van der Waals surface area contributed by atoms with E-state index in [2.05, 4.69) is 24.3 Å². The molecule has 0 saturated heterocycles. The summed E-state index contributed by atoms with van der Waals surface area (Å²) in [5.41, 5.74) is 1.01. The van der Waals surface area contributed by atoms with Gasteiger partial charge in [-0.05, 0) is 19.9 Å². The summed E-state index contributed by atoms with van der Waals surface area (Å²) >= 11 is 6.15. The molecular formula is C11H20ClN3O. The van der Waals surface area contributed by atoms with Crippen LogP contribution in [0, 0.1) is 0 Å². The number of hydrogen-bond donors (Lipinski definition) is 1. The first-order valence-electron chi connectivity index (χ1n) is 5.68. The molecule has 0 aliphatic heterocycles. The molecule has 1 aromatic rings. The Morgan fingerprint density at radius 3 is 2.88 bits per heavy atom. The van der Waals surface area contributed by atoms with Crippen molar-refractivity contribution in [3.63, 3.8) is 0 Å². The summed E-state index contributed by atoms with van der Waals surface area (Å²) in [7, 11) is 1.70. The van der Waals surface area contributed by atoms with Crippen LogP contribution in [0.1, 0.15) is 32.0 Å². The molecule has 0 amide bonds. The largest absolute Gasteiger partial charge is 0.383 e. The molecule has 16 heavy (non-hydrogen) atoms. The number of aryl methyl sites for hydroxylation is 1. The number of halogens is 1. The fraction of sp³-hybridized carbons (Fsp3) is 0.727. The second kappa shape index (κ2) is 6.89. The summed E-state index contributed by atoms with van der Waals surface area (Å²) in [4.78, 5) is 0. The van der Waals surface area contributed by atoms with Crippen molar-refractivity contribution in [3.8, 4) is 0 Å². The molecule has 0 aromatic carbocycles. The maximum Gasteiger partial charge on any atom is 0.0835 e. The Morgan fingerprint density at radius 2 is 2.31 bits per heavy atom. The first kappa shape index (κ1) is 13.5. The minimum Gasteiger partial charge on any atom is -0.383 e. The van der Waals surface area contributed by atoms with E-state index in [1.807, 2.05) is 4.68 Å². The lowest BCUT2D eigenvalue weighted by molar-refractivity contribution is 0.163. The molecule has 0 radical (unpaired) electrons. The number of hydrogen-bond acceptors (Lipinski definition) is 3. The quantitative estimate of drug-likeness (QED) is 0.801. The normalized spacial score (nSPS) is 13.0. The average molecular weight is 246 g/mol. The summed E-state index contributed by atoms with van der Waals surface area (Å²) in [5.74, 6) is 0. The molecule has 0 spiro atoms. The van der Waals surface area contributed by atoms with Gasteiger partial charge in [-0.1, -0.05) is 18.5 Å². The summed E-state index contributed by atoms with van der Waals surface area (Å²) in [5, 5.41) is 8.35. The van der Waals surface area contributed by atoms with Crippen molar-refractivity contribution in [2.24, 2.45) is 0 Å². The maximum absolute atomic E-state index is 6.15. The fourth-order valence-electron chi connectivity index (χ4n) is 1.69. The molecule has 1 aromatic heterocycles. The van der Waals surface area contributed by atoms with E-state index in [1.54, 1.807) is 13.3 Å². The highest BCUT2D eigenvalue weighted by Gasteiger charge is 2.18. The standard InChI is InChI=1S/C11H20ClN3O/c1-4-6-13-10(8-16-3)11-9(12)7-14-15(11)5-2/h7,10,13H,4-6,8H2,1-3H3. The Morgan fingerprint density at radius 1 is 1.56 bits per heavy atom. The van der Waals surface area contributed by atoms with E-state index in [1.165, 1.54) is 0 Å². The molecule has 1 heterocycles. The van der Waals surface area contributed by atoms with Gasteiger partial charge < -0.3 is 10.1 Å². The van der Waals surface area contributed by atoms with Crippen LogP contribution in [0.25, 0.3) is 0 Å². The molecule has 0 saturated carbocycles. The third-order valence-corrected chi connectivity index (χ3v) is 2.73. The SMILES string of the molecule is CCCNC(COC)c1c(Cl)cnn1CC. The van der Waals surface area contributed by atoms with E-state index in [4.69, 9.17) is 16.3 Å². The Balaban J connectivity index is 2.85. The minimum atomic E-state index is 0.111. The van der Waals surface area contributed by atoms with E-state index in [-0.39, 0.29) is 6.04 Å². The molecule has 1 unspecified atom stereocenters. The van der Waals surface area contributed by atoms with E-state index in [9.17, 15) is 0 Å². The first-order chi connectivity index (χ1) is 7.74. The van der Waals surface area contributed by atoms with Gasteiger partial charge >= 0.3 is 0 Å². The lowest BCUT2D eigenvalue weighted by Gasteiger charge is -2.19. The van der Waals surface area contributed by atoms with Crippen LogP contribution in [0.2, 0.25) is 5.02 Å². The monoisotopic (exact) mass is 245 g/mol. The van der Waals surface area contributed by atoms with E-state index in [0.717, 1.165) is 25.2 Å². The number of methoxy groups -OCH3 is 1. The van der Waals surface area contributed by atoms with E-state index < -0.39 is 0 Å². The van der Waals surface area contributed by atoms with E-state index in [0.29, 0.717) is 11.6 Å². The number of ether oxygens (including phenoxy) is 1. The highest BCUT2D eigenvalue weighted by molar-refractivity contribution is 6.31. The Labute approximate surface area is 102 Å². The minimum absolute atomic E-state index is 0.111. The Kier molecular flexibility index (Phi) is 5.80. The molecule has 0 bridgehead atoms. The van der Waals surface area contributed by atoms with Gasteiger partial charge in [-0.25, -0.2) is 0 Å². The highest BCUT2D eigenvalue weighted by Crippen LogP contribution is 2.23. The van der Waals surface area contributed by atoms with Crippen molar-refractivity contribution in [2.75, 3.05) is 20.3 Å². The predicted octanol–water partition coefficient (Wildman–Crippen LogP) is 2.24. The van der Waals surface area contributed by atoms with Crippen LogP contribution in [-0.2, 0) is 11.3 Å². The predicted molar refractivity (Wildman–Crippen MR) is 65.8 cm³/mol. The maximum atomic E-state index is 6.15. The average Bonchev–Trinajstić information content (AvgIpc) is 2.66. The first-order valence-corrected chi connectivity index (χ1v) is 6.05. The molecule has 4 nitrogen and oxygen atoms in total. The molecule has 0 aliphatic rings. The summed E-state index contributed by atoms with van der Waals surface area (Å²) in [6, 6.07) is 0.111.